The molecule has 2 unspecified atom stereocenters. The smallest absolute Gasteiger partial charge is 0.306 e. The first-order valence-corrected chi connectivity index (χ1v) is 8.09. The highest BCUT2D eigenvalue weighted by Gasteiger charge is 2.32. The van der Waals surface area contributed by atoms with Gasteiger partial charge in [-0.15, -0.1) is 0 Å². The molecule has 4 nitrogen and oxygen atoms in total. The summed E-state index contributed by atoms with van der Waals surface area (Å²) in [5, 5.41) is 12.0. The van der Waals surface area contributed by atoms with Crippen LogP contribution in [0, 0.1) is 11.8 Å². The number of rotatable bonds is 6. The minimum Gasteiger partial charge on any atom is -0.481 e. The minimum atomic E-state index is -0.735. The third-order valence-corrected chi connectivity index (χ3v) is 4.56. The number of benzene rings is 1. The summed E-state index contributed by atoms with van der Waals surface area (Å²) in [6, 6.07) is 7.91. The van der Waals surface area contributed by atoms with Gasteiger partial charge in [0.25, 0.3) is 0 Å². The van der Waals surface area contributed by atoms with E-state index >= 15 is 0 Å². The SMILES string of the molecule is O=C(CCc1cccc(Br)c1)NCC1CCCC1C(=O)O. The fraction of sp³-hybridized carbons (Fsp3) is 0.500. The zero-order valence-corrected chi connectivity index (χ0v) is 13.4. The van der Waals surface area contributed by atoms with E-state index in [0.717, 1.165) is 29.3 Å². The maximum atomic E-state index is 11.9. The lowest BCUT2D eigenvalue weighted by molar-refractivity contribution is -0.143. The van der Waals surface area contributed by atoms with Crippen molar-refractivity contribution >= 4 is 27.8 Å². The first-order valence-electron chi connectivity index (χ1n) is 7.30. The van der Waals surface area contributed by atoms with Crippen LogP contribution in [0.25, 0.3) is 0 Å². The molecule has 2 rings (SSSR count). The molecule has 1 fully saturated rings. The van der Waals surface area contributed by atoms with Crippen molar-refractivity contribution in [3.8, 4) is 0 Å². The van der Waals surface area contributed by atoms with Gasteiger partial charge in [0.05, 0.1) is 5.92 Å². The Morgan fingerprint density at radius 3 is 2.86 bits per heavy atom. The van der Waals surface area contributed by atoms with Crippen molar-refractivity contribution in [2.75, 3.05) is 6.54 Å². The molecule has 1 aliphatic carbocycles. The predicted octanol–water partition coefficient (Wildman–Crippen LogP) is 3.00. The van der Waals surface area contributed by atoms with Gasteiger partial charge < -0.3 is 10.4 Å². The second-order valence-corrected chi connectivity index (χ2v) is 6.49. The molecule has 0 bridgehead atoms. The van der Waals surface area contributed by atoms with Crippen molar-refractivity contribution in [3.63, 3.8) is 0 Å². The fourth-order valence-electron chi connectivity index (χ4n) is 2.89. The molecule has 21 heavy (non-hydrogen) atoms. The molecule has 5 heteroatoms. The molecule has 2 N–H and O–H groups in total. The topological polar surface area (TPSA) is 66.4 Å². The van der Waals surface area contributed by atoms with Crippen LogP contribution in [0.1, 0.15) is 31.2 Å². The number of halogens is 1. The van der Waals surface area contributed by atoms with Crippen LogP contribution in [0.15, 0.2) is 28.7 Å². The molecule has 0 aliphatic heterocycles. The first-order chi connectivity index (χ1) is 10.1. The Labute approximate surface area is 133 Å². The van der Waals surface area contributed by atoms with Gasteiger partial charge in [-0.3, -0.25) is 9.59 Å². The molecule has 114 valence electrons. The van der Waals surface area contributed by atoms with Crippen LogP contribution in [0.5, 0.6) is 0 Å². The Hall–Kier alpha value is -1.36. The van der Waals surface area contributed by atoms with Gasteiger partial charge in [-0.05, 0) is 42.9 Å². The first kappa shape index (κ1) is 16.0. The molecule has 0 heterocycles. The molecule has 1 saturated carbocycles. The van der Waals surface area contributed by atoms with Gasteiger partial charge in [-0.2, -0.15) is 0 Å². The van der Waals surface area contributed by atoms with Crippen LogP contribution in [-0.2, 0) is 16.0 Å². The van der Waals surface area contributed by atoms with E-state index in [9.17, 15) is 9.59 Å². The van der Waals surface area contributed by atoms with Gasteiger partial charge in [0, 0.05) is 17.4 Å². The average molecular weight is 354 g/mol. The van der Waals surface area contributed by atoms with Crippen LogP contribution in [0.4, 0.5) is 0 Å². The number of carboxylic acid groups (broad SMARTS) is 1. The van der Waals surface area contributed by atoms with Crippen LogP contribution >= 0.6 is 15.9 Å². The zero-order valence-electron chi connectivity index (χ0n) is 11.8. The van der Waals surface area contributed by atoms with Gasteiger partial charge in [-0.25, -0.2) is 0 Å². The summed E-state index contributed by atoms with van der Waals surface area (Å²) in [7, 11) is 0. The van der Waals surface area contributed by atoms with Crippen LogP contribution in [0.3, 0.4) is 0 Å². The molecule has 1 aromatic rings. The molecule has 2 atom stereocenters. The van der Waals surface area contributed by atoms with Gasteiger partial charge >= 0.3 is 5.97 Å². The molecule has 1 aliphatic rings. The lowest BCUT2D eigenvalue weighted by Gasteiger charge is -2.16. The summed E-state index contributed by atoms with van der Waals surface area (Å²) in [6.45, 7) is 0.480. The van der Waals surface area contributed by atoms with E-state index in [1.165, 1.54) is 0 Å². The van der Waals surface area contributed by atoms with Crippen LogP contribution in [-0.4, -0.2) is 23.5 Å². The molecule has 0 saturated heterocycles. The van der Waals surface area contributed by atoms with Gasteiger partial charge in [-0.1, -0.05) is 34.5 Å². The summed E-state index contributed by atoms with van der Waals surface area (Å²) in [5.74, 6) is -0.959. The maximum absolute atomic E-state index is 11.9. The number of hydrogen-bond donors (Lipinski definition) is 2. The van der Waals surface area contributed by atoms with Gasteiger partial charge in [0.2, 0.25) is 5.91 Å². The van der Waals surface area contributed by atoms with Crippen molar-refractivity contribution in [1.82, 2.24) is 5.32 Å². The third kappa shape index (κ3) is 4.84. The molecule has 1 aromatic carbocycles. The van der Waals surface area contributed by atoms with E-state index in [1.807, 2.05) is 24.3 Å². The fourth-order valence-corrected chi connectivity index (χ4v) is 3.34. The second-order valence-electron chi connectivity index (χ2n) is 5.57. The quantitative estimate of drug-likeness (QED) is 0.825. The monoisotopic (exact) mass is 353 g/mol. The van der Waals surface area contributed by atoms with Crippen LogP contribution in [0.2, 0.25) is 0 Å². The standard InChI is InChI=1S/C16H20BrNO3/c17-13-5-1-3-11(9-13)7-8-15(19)18-10-12-4-2-6-14(12)16(20)21/h1,3,5,9,12,14H,2,4,6-8,10H2,(H,18,19)(H,20,21). The molecular formula is C16H20BrNO3. The van der Waals surface area contributed by atoms with E-state index in [2.05, 4.69) is 21.2 Å². The minimum absolute atomic E-state index is 0.00832. The lowest BCUT2D eigenvalue weighted by atomic mass is 9.96. The van der Waals surface area contributed by atoms with Crippen molar-refractivity contribution < 1.29 is 14.7 Å². The third-order valence-electron chi connectivity index (χ3n) is 4.07. The molecule has 0 aromatic heterocycles. The van der Waals surface area contributed by atoms with E-state index in [1.54, 1.807) is 0 Å². The lowest BCUT2D eigenvalue weighted by Crippen LogP contribution is -2.33. The van der Waals surface area contributed by atoms with Gasteiger partial charge in [0.15, 0.2) is 0 Å². The van der Waals surface area contributed by atoms with E-state index in [0.29, 0.717) is 19.4 Å². The number of hydrogen-bond acceptors (Lipinski definition) is 2. The predicted molar refractivity (Wildman–Crippen MR) is 83.9 cm³/mol. The van der Waals surface area contributed by atoms with Crippen LogP contribution < -0.4 is 5.32 Å². The number of aryl methyl sites for hydroxylation is 1. The van der Waals surface area contributed by atoms with Crippen molar-refractivity contribution in [1.29, 1.82) is 0 Å². The van der Waals surface area contributed by atoms with Crippen molar-refractivity contribution in [2.24, 2.45) is 11.8 Å². The van der Waals surface area contributed by atoms with Crippen molar-refractivity contribution in [3.05, 3.63) is 34.3 Å². The largest absolute Gasteiger partial charge is 0.481 e. The Morgan fingerprint density at radius 1 is 1.33 bits per heavy atom. The average Bonchev–Trinajstić information content (AvgIpc) is 2.91. The number of nitrogens with one attached hydrogen (secondary N) is 1. The Morgan fingerprint density at radius 2 is 2.14 bits per heavy atom. The maximum Gasteiger partial charge on any atom is 0.306 e. The number of aliphatic carboxylic acids is 1. The summed E-state index contributed by atoms with van der Waals surface area (Å²) in [6.07, 6.45) is 3.69. The van der Waals surface area contributed by atoms with E-state index in [-0.39, 0.29) is 17.7 Å². The number of carboxylic acids is 1. The Bertz CT molecular complexity index is 518. The summed E-state index contributed by atoms with van der Waals surface area (Å²) in [5.41, 5.74) is 1.11. The summed E-state index contributed by atoms with van der Waals surface area (Å²) < 4.78 is 1.01. The highest BCUT2D eigenvalue weighted by molar-refractivity contribution is 9.10. The number of carbonyl (C=O) groups excluding carboxylic acids is 1. The Balaban J connectivity index is 1.74. The highest BCUT2D eigenvalue weighted by atomic mass is 79.9. The normalized spacial score (nSPS) is 21.2. The molecular weight excluding hydrogens is 334 g/mol. The summed E-state index contributed by atoms with van der Waals surface area (Å²) >= 11 is 3.41. The number of carbonyl (C=O) groups is 2. The van der Waals surface area contributed by atoms with E-state index in [4.69, 9.17) is 5.11 Å². The molecule has 1 amide bonds. The second kappa shape index (κ2) is 7.59. The molecule has 0 spiro atoms. The molecule has 0 radical (unpaired) electrons. The number of amides is 1. The van der Waals surface area contributed by atoms with Gasteiger partial charge in [0.1, 0.15) is 0 Å². The Kier molecular flexibility index (Phi) is 5.79. The zero-order chi connectivity index (χ0) is 15.2. The summed E-state index contributed by atoms with van der Waals surface area (Å²) in [4.78, 5) is 22.9. The van der Waals surface area contributed by atoms with E-state index < -0.39 is 5.97 Å². The highest BCUT2D eigenvalue weighted by Crippen LogP contribution is 2.31. The van der Waals surface area contributed by atoms with Crippen molar-refractivity contribution in [2.45, 2.75) is 32.1 Å².